The topological polar surface area (TPSA) is 24.9 Å². The van der Waals surface area contributed by atoms with Crippen molar-refractivity contribution >= 4 is 28.1 Å². The fourth-order valence-corrected chi connectivity index (χ4v) is 2.05. The van der Waals surface area contributed by atoms with E-state index in [1.54, 1.807) is 18.5 Å². The van der Waals surface area contributed by atoms with Crippen LogP contribution in [0.2, 0.25) is 5.02 Å². The van der Waals surface area contributed by atoms with E-state index >= 15 is 0 Å². The monoisotopic (exact) mass is 242 g/mol. The molecule has 2 nitrogen and oxygen atoms in total. The van der Waals surface area contributed by atoms with Crippen molar-refractivity contribution in [3.63, 3.8) is 0 Å². The molecule has 0 unspecified atom stereocenters. The molecular weight excluding hydrogens is 235 g/mol. The van der Waals surface area contributed by atoms with Crippen LogP contribution in [0.4, 0.5) is 9.52 Å². The minimum atomic E-state index is -0.313. The Morgan fingerprint density at radius 1 is 1.47 bits per heavy atom. The van der Waals surface area contributed by atoms with Crippen LogP contribution < -0.4 is 5.32 Å². The highest BCUT2D eigenvalue weighted by atomic mass is 35.5. The van der Waals surface area contributed by atoms with Crippen molar-refractivity contribution in [2.45, 2.75) is 0 Å². The third-order valence-corrected chi connectivity index (χ3v) is 3.02. The molecule has 0 spiro atoms. The molecule has 0 aliphatic heterocycles. The molecule has 1 heterocycles. The minimum Gasteiger partial charge on any atom is -0.365 e. The number of nitrogens with zero attached hydrogens (tertiary/aromatic N) is 1. The van der Waals surface area contributed by atoms with Gasteiger partial charge in [-0.2, -0.15) is 0 Å². The Balaban J connectivity index is 2.48. The lowest BCUT2D eigenvalue weighted by molar-refractivity contribution is 0.631. The largest absolute Gasteiger partial charge is 0.365 e. The van der Waals surface area contributed by atoms with Gasteiger partial charge in [0.25, 0.3) is 0 Å². The fourth-order valence-electron chi connectivity index (χ4n) is 1.21. The van der Waals surface area contributed by atoms with Gasteiger partial charge < -0.3 is 5.32 Å². The molecule has 0 aliphatic carbocycles. The Kier molecular flexibility index (Phi) is 2.88. The number of anilines is 1. The number of nitrogens with one attached hydrogen (secondary N) is 1. The van der Waals surface area contributed by atoms with Crippen molar-refractivity contribution in [1.29, 1.82) is 0 Å². The number of aromatic nitrogens is 1. The summed E-state index contributed by atoms with van der Waals surface area (Å²) in [5.41, 5.74) is 1.03. The molecule has 2 rings (SSSR count). The van der Waals surface area contributed by atoms with Crippen LogP contribution in [0.3, 0.4) is 0 Å². The molecule has 15 heavy (non-hydrogen) atoms. The molecule has 0 fully saturated rings. The standard InChI is InChI=1S/C10H8ClFN2S/c1-13-10-14-9(5-15-10)7-4-6(11)2-3-8(7)12/h2-5H,1H3,(H,13,14). The number of thiazole rings is 1. The van der Waals surface area contributed by atoms with Gasteiger partial charge in [-0.25, -0.2) is 9.37 Å². The Labute approximate surface area is 95.7 Å². The first-order valence-corrected chi connectivity index (χ1v) is 5.55. The average molecular weight is 243 g/mol. The van der Waals surface area contributed by atoms with Crippen LogP contribution in [-0.2, 0) is 0 Å². The maximum absolute atomic E-state index is 13.5. The average Bonchev–Trinajstić information content (AvgIpc) is 2.70. The Morgan fingerprint density at radius 2 is 2.27 bits per heavy atom. The van der Waals surface area contributed by atoms with Crippen LogP contribution in [0.1, 0.15) is 0 Å². The van der Waals surface area contributed by atoms with Crippen molar-refractivity contribution in [3.05, 3.63) is 34.4 Å². The van der Waals surface area contributed by atoms with Gasteiger partial charge in [-0.1, -0.05) is 11.6 Å². The molecule has 1 aromatic carbocycles. The molecule has 1 N–H and O–H groups in total. The minimum absolute atomic E-state index is 0.313. The molecule has 78 valence electrons. The summed E-state index contributed by atoms with van der Waals surface area (Å²) in [4.78, 5) is 4.21. The second kappa shape index (κ2) is 4.16. The van der Waals surface area contributed by atoms with E-state index in [0.717, 1.165) is 5.13 Å². The predicted molar refractivity (Wildman–Crippen MR) is 62.1 cm³/mol. The molecule has 0 aliphatic rings. The summed E-state index contributed by atoms with van der Waals surface area (Å²) in [6, 6.07) is 4.44. The normalized spacial score (nSPS) is 10.3. The van der Waals surface area contributed by atoms with Crippen LogP contribution >= 0.6 is 22.9 Å². The van der Waals surface area contributed by atoms with Crippen molar-refractivity contribution in [2.24, 2.45) is 0 Å². The van der Waals surface area contributed by atoms with Gasteiger partial charge in [-0.15, -0.1) is 11.3 Å². The summed E-state index contributed by atoms with van der Waals surface area (Å²) < 4.78 is 13.5. The summed E-state index contributed by atoms with van der Waals surface area (Å²) in [6.07, 6.45) is 0. The third-order valence-electron chi connectivity index (χ3n) is 1.92. The molecule has 0 amide bonds. The maximum atomic E-state index is 13.5. The second-order valence-electron chi connectivity index (χ2n) is 2.91. The van der Waals surface area contributed by atoms with Crippen molar-refractivity contribution in [3.8, 4) is 11.3 Å². The quantitative estimate of drug-likeness (QED) is 0.870. The van der Waals surface area contributed by atoms with E-state index in [1.807, 2.05) is 0 Å². The number of hydrogen-bond acceptors (Lipinski definition) is 3. The van der Waals surface area contributed by atoms with E-state index < -0.39 is 0 Å². The van der Waals surface area contributed by atoms with E-state index in [1.165, 1.54) is 23.5 Å². The molecule has 5 heteroatoms. The van der Waals surface area contributed by atoms with Gasteiger partial charge in [0.05, 0.1) is 5.69 Å². The van der Waals surface area contributed by atoms with Crippen molar-refractivity contribution < 1.29 is 4.39 Å². The summed E-state index contributed by atoms with van der Waals surface area (Å²) >= 11 is 7.23. The first-order valence-electron chi connectivity index (χ1n) is 4.29. The SMILES string of the molecule is CNc1nc(-c2cc(Cl)ccc2F)cs1. The van der Waals surface area contributed by atoms with E-state index in [9.17, 15) is 4.39 Å². The zero-order valence-corrected chi connectivity index (χ0v) is 9.49. The molecule has 0 atom stereocenters. The van der Waals surface area contributed by atoms with Crippen LogP contribution in [0.15, 0.2) is 23.6 Å². The zero-order chi connectivity index (χ0) is 10.8. The highest BCUT2D eigenvalue weighted by molar-refractivity contribution is 7.14. The molecule has 1 aromatic heterocycles. The van der Waals surface area contributed by atoms with Crippen molar-refractivity contribution in [1.82, 2.24) is 4.98 Å². The summed E-state index contributed by atoms with van der Waals surface area (Å²) in [6.45, 7) is 0. The van der Waals surface area contributed by atoms with Gasteiger partial charge in [0.1, 0.15) is 5.82 Å². The van der Waals surface area contributed by atoms with Gasteiger partial charge in [0.15, 0.2) is 5.13 Å². The molecule has 2 aromatic rings. The van der Waals surface area contributed by atoms with E-state index in [4.69, 9.17) is 11.6 Å². The molecule has 0 saturated heterocycles. The van der Waals surface area contributed by atoms with Gasteiger partial charge in [0.2, 0.25) is 0 Å². The van der Waals surface area contributed by atoms with Crippen LogP contribution in [0.25, 0.3) is 11.3 Å². The Morgan fingerprint density at radius 3 is 2.93 bits per heavy atom. The third kappa shape index (κ3) is 2.11. The number of halogens is 2. The molecule has 0 saturated carbocycles. The number of hydrogen-bond donors (Lipinski definition) is 1. The van der Waals surface area contributed by atoms with E-state index in [2.05, 4.69) is 10.3 Å². The van der Waals surface area contributed by atoms with Gasteiger partial charge in [-0.05, 0) is 18.2 Å². The molecule has 0 radical (unpaired) electrons. The van der Waals surface area contributed by atoms with Crippen LogP contribution in [0.5, 0.6) is 0 Å². The molecular formula is C10H8ClFN2S. The highest BCUT2D eigenvalue weighted by Gasteiger charge is 2.09. The lowest BCUT2D eigenvalue weighted by atomic mass is 10.1. The van der Waals surface area contributed by atoms with Gasteiger partial charge in [-0.3, -0.25) is 0 Å². The van der Waals surface area contributed by atoms with E-state index in [0.29, 0.717) is 16.3 Å². The number of benzene rings is 1. The summed E-state index contributed by atoms with van der Waals surface area (Å²) in [5.74, 6) is -0.313. The van der Waals surface area contributed by atoms with Gasteiger partial charge in [0, 0.05) is 23.0 Å². The fraction of sp³-hybridized carbons (Fsp3) is 0.100. The maximum Gasteiger partial charge on any atom is 0.182 e. The highest BCUT2D eigenvalue weighted by Crippen LogP contribution is 2.28. The van der Waals surface area contributed by atoms with Crippen LogP contribution in [0, 0.1) is 5.82 Å². The summed E-state index contributed by atoms with van der Waals surface area (Å²) in [7, 11) is 1.77. The van der Waals surface area contributed by atoms with E-state index in [-0.39, 0.29) is 5.82 Å². The zero-order valence-electron chi connectivity index (χ0n) is 7.92. The Bertz CT molecular complexity index is 484. The first kappa shape index (κ1) is 10.4. The lowest BCUT2D eigenvalue weighted by Gasteiger charge is -1.99. The molecule has 0 bridgehead atoms. The first-order chi connectivity index (χ1) is 7.20. The van der Waals surface area contributed by atoms with Crippen molar-refractivity contribution in [2.75, 3.05) is 12.4 Å². The summed E-state index contributed by atoms with van der Waals surface area (Å²) in [5, 5.41) is 5.95. The Hall–Kier alpha value is -1.13. The predicted octanol–water partition coefficient (Wildman–Crippen LogP) is 3.64. The lowest BCUT2D eigenvalue weighted by Crippen LogP contribution is -1.88. The van der Waals surface area contributed by atoms with Crippen LogP contribution in [-0.4, -0.2) is 12.0 Å². The number of rotatable bonds is 2. The smallest absolute Gasteiger partial charge is 0.182 e. The second-order valence-corrected chi connectivity index (χ2v) is 4.21. The van der Waals surface area contributed by atoms with Gasteiger partial charge >= 0.3 is 0 Å².